The Kier molecular flexibility index (Phi) is 4.69. The van der Waals surface area contributed by atoms with Gasteiger partial charge < -0.3 is 15.0 Å². The lowest BCUT2D eigenvalue weighted by Crippen LogP contribution is -2.26. The molecular weight excluding hydrogens is 344 g/mol. The molecule has 1 aromatic carbocycles. The number of carbonyl (C=O) groups excluding carboxylic acids is 1. The molecule has 0 unspecified atom stereocenters. The third kappa shape index (κ3) is 3.59. The highest BCUT2D eigenvalue weighted by Gasteiger charge is 2.11. The lowest BCUT2D eigenvalue weighted by atomic mass is 10.1. The minimum absolute atomic E-state index is 0.0190. The zero-order valence-corrected chi connectivity index (χ0v) is 15.0. The van der Waals surface area contributed by atoms with Gasteiger partial charge in [-0.3, -0.25) is 4.79 Å². The van der Waals surface area contributed by atoms with Gasteiger partial charge in [-0.1, -0.05) is 18.2 Å². The number of nitrogens with zero attached hydrogens (tertiary/aromatic N) is 4. The number of benzene rings is 1. The fourth-order valence-electron chi connectivity index (χ4n) is 3.07. The highest BCUT2D eigenvalue weighted by molar-refractivity contribution is 5.83. The normalized spacial score (nSPS) is 11.1. The molecule has 0 spiro atoms. The molecule has 4 aromatic rings. The number of nitrogens with one attached hydrogen (secondary N) is 2. The number of aryl methyl sites for hydroxylation is 1. The van der Waals surface area contributed by atoms with Crippen LogP contribution in [-0.2, 0) is 17.6 Å². The molecule has 0 aliphatic carbocycles. The van der Waals surface area contributed by atoms with Crippen LogP contribution in [0.15, 0.2) is 42.6 Å². The van der Waals surface area contributed by atoms with E-state index in [0.717, 1.165) is 11.9 Å². The first kappa shape index (κ1) is 17.0. The van der Waals surface area contributed by atoms with Gasteiger partial charge in [-0.05, 0) is 24.1 Å². The number of rotatable bonds is 7. The lowest BCUT2D eigenvalue weighted by Gasteiger charge is -2.05. The molecular formula is C19H20N6O2. The van der Waals surface area contributed by atoms with Crippen molar-refractivity contribution < 1.29 is 9.53 Å². The molecule has 0 fully saturated rings. The number of methoxy groups -OCH3 is 1. The standard InChI is InChI=1S/C19H20N6O2/c1-27-19-9-7-17-23-22-16(25(17)24-19)6-8-18(26)20-11-10-13-12-21-15-5-3-2-4-14(13)15/h2-5,7,9,12,21H,6,8,10-11H2,1H3,(H,20,26). The highest BCUT2D eigenvalue weighted by Crippen LogP contribution is 2.17. The van der Waals surface area contributed by atoms with Crippen LogP contribution in [0.2, 0.25) is 0 Å². The van der Waals surface area contributed by atoms with Gasteiger partial charge in [0.25, 0.3) is 0 Å². The van der Waals surface area contributed by atoms with E-state index >= 15 is 0 Å². The van der Waals surface area contributed by atoms with Crippen LogP contribution < -0.4 is 10.1 Å². The number of carbonyl (C=O) groups is 1. The van der Waals surface area contributed by atoms with Crippen molar-refractivity contribution in [2.45, 2.75) is 19.3 Å². The Morgan fingerprint density at radius 1 is 1.19 bits per heavy atom. The molecule has 0 saturated heterocycles. The first-order valence-corrected chi connectivity index (χ1v) is 8.81. The second-order valence-electron chi connectivity index (χ2n) is 6.22. The summed E-state index contributed by atoms with van der Waals surface area (Å²) in [6, 6.07) is 11.7. The number of hydrogen-bond acceptors (Lipinski definition) is 5. The van der Waals surface area contributed by atoms with Crippen molar-refractivity contribution in [3.8, 4) is 5.88 Å². The van der Waals surface area contributed by atoms with Crippen LogP contribution in [-0.4, -0.2) is 44.4 Å². The second-order valence-corrected chi connectivity index (χ2v) is 6.22. The molecule has 8 heteroatoms. The van der Waals surface area contributed by atoms with E-state index in [1.165, 1.54) is 10.9 Å². The van der Waals surface area contributed by atoms with Crippen molar-refractivity contribution in [3.63, 3.8) is 0 Å². The van der Waals surface area contributed by atoms with Gasteiger partial charge >= 0.3 is 0 Å². The summed E-state index contributed by atoms with van der Waals surface area (Å²) in [5, 5.41) is 16.6. The number of aromatic amines is 1. The van der Waals surface area contributed by atoms with E-state index in [4.69, 9.17) is 4.74 Å². The lowest BCUT2D eigenvalue weighted by molar-refractivity contribution is -0.121. The average Bonchev–Trinajstić information content (AvgIpc) is 3.30. The Morgan fingerprint density at radius 3 is 2.96 bits per heavy atom. The Labute approximate surface area is 155 Å². The number of para-hydroxylation sites is 1. The van der Waals surface area contributed by atoms with Crippen LogP contribution in [0.4, 0.5) is 0 Å². The van der Waals surface area contributed by atoms with Gasteiger partial charge in [0, 0.05) is 42.6 Å². The maximum Gasteiger partial charge on any atom is 0.231 e. The van der Waals surface area contributed by atoms with E-state index in [0.29, 0.717) is 36.7 Å². The molecule has 0 radical (unpaired) electrons. The maximum atomic E-state index is 12.2. The summed E-state index contributed by atoms with van der Waals surface area (Å²) in [5.41, 5.74) is 2.94. The quantitative estimate of drug-likeness (QED) is 0.522. The van der Waals surface area contributed by atoms with Gasteiger partial charge in [-0.2, -0.15) is 4.52 Å². The summed E-state index contributed by atoms with van der Waals surface area (Å²) in [6.45, 7) is 0.591. The van der Waals surface area contributed by atoms with Gasteiger partial charge in [0.15, 0.2) is 11.5 Å². The van der Waals surface area contributed by atoms with E-state index < -0.39 is 0 Å². The zero-order valence-electron chi connectivity index (χ0n) is 15.0. The van der Waals surface area contributed by atoms with Gasteiger partial charge in [0.05, 0.1) is 7.11 Å². The molecule has 4 rings (SSSR count). The molecule has 0 saturated carbocycles. The highest BCUT2D eigenvalue weighted by atomic mass is 16.5. The number of aromatic nitrogens is 5. The first-order valence-electron chi connectivity index (χ1n) is 8.81. The molecule has 8 nitrogen and oxygen atoms in total. The molecule has 1 amide bonds. The van der Waals surface area contributed by atoms with Crippen LogP contribution in [0.3, 0.4) is 0 Å². The summed E-state index contributed by atoms with van der Waals surface area (Å²) >= 11 is 0. The third-order valence-corrected chi connectivity index (χ3v) is 4.48. The van der Waals surface area contributed by atoms with E-state index in [2.05, 4.69) is 31.7 Å². The Balaban J connectivity index is 1.31. The largest absolute Gasteiger partial charge is 0.480 e. The van der Waals surface area contributed by atoms with Crippen LogP contribution >= 0.6 is 0 Å². The monoisotopic (exact) mass is 364 g/mol. The zero-order chi connectivity index (χ0) is 18.6. The van der Waals surface area contributed by atoms with Crippen LogP contribution in [0.1, 0.15) is 17.8 Å². The molecule has 0 atom stereocenters. The SMILES string of the molecule is COc1ccc2nnc(CCC(=O)NCCc3c[nH]c4ccccc34)n2n1. The second kappa shape index (κ2) is 7.45. The Morgan fingerprint density at radius 2 is 2.07 bits per heavy atom. The number of ether oxygens (including phenoxy) is 1. The summed E-state index contributed by atoms with van der Waals surface area (Å²) < 4.78 is 6.73. The fourth-order valence-corrected chi connectivity index (χ4v) is 3.07. The van der Waals surface area contributed by atoms with Gasteiger partial charge in [-0.25, -0.2) is 0 Å². The smallest absolute Gasteiger partial charge is 0.231 e. The molecule has 3 aromatic heterocycles. The van der Waals surface area contributed by atoms with Crippen LogP contribution in [0, 0.1) is 0 Å². The van der Waals surface area contributed by atoms with E-state index in [-0.39, 0.29) is 5.91 Å². The van der Waals surface area contributed by atoms with Crippen molar-refractivity contribution in [3.05, 3.63) is 54.0 Å². The summed E-state index contributed by atoms with van der Waals surface area (Å²) in [7, 11) is 1.55. The first-order chi connectivity index (χ1) is 13.2. The third-order valence-electron chi connectivity index (χ3n) is 4.48. The average molecular weight is 364 g/mol. The van der Waals surface area contributed by atoms with Gasteiger partial charge in [-0.15, -0.1) is 15.3 Å². The van der Waals surface area contributed by atoms with Crippen molar-refractivity contribution in [1.82, 2.24) is 30.1 Å². The van der Waals surface area contributed by atoms with Crippen molar-refractivity contribution in [1.29, 1.82) is 0 Å². The van der Waals surface area contributed by atoms with Crippen molar-refractivity contribution >= 4 is 22.5 Å². The summed E-state index contributed by atoms with van der Waals surface area (Å²) in [5.74, 6) is 1.09. The molecule has 0 aliphatic heterocycles. The summed E-state index contributed by atoms with van der Waals surface area (Å²) in [6.07, 6.45) is 3.56. The molecule has 2 N–H and O–H groups in total. The predicted octanol–water partition coefficient (Wildman–Crippen LogP) is 1.91. The molecule has 0 bridgehead atoms. The Bertz CT molecular complexity index is 1080. The van der Waals surface area contributed by atoms with Gasteiger partial charge in [0.1, 0.15) is 0 Å². The van der Waals surface area contributed by atoms with E-state index in [1.807, 2.05) is 24.4 Å². The van der Waals surface area contributed by atoms with E-state index in [1.54, 1.807) is 23.8 Å². The number of hydrogen-bond donors (Lipinski definition) is 2. The maximum absolute atomic E-state index is 12.2. The van der Waals surface area contributed by atoms with Crippen LogP contribution in [0.25, 0.3) is 16.6 Å². The van der Waals surface area contributed by atoms with E-state index in [9.17, 15) is 4.79 Å². The molecule has 138 valence electrons. The van der Waals surface area contributed by atoms with Gasteiger partial charge in [0.2, 0.25) is 11.8 Å². The van der Waals surface area contributed by atoms with Crippen molar-refractivity contribution in [2.24, 2.45) is 0 Å². The fraction of sp³-hybridized carbons (Fsp3) is 0.263. The topological polar surface area (TPSA) is 97.2 Å². The minimum atomic E-state index is -0.0190. The van der Waals surface area contributed by atoms with Crippen molar-refractivity contribution in [2.75, 3.05) is 13.7 Å². The number of H-pyrrole nitrogens is 1. The molecule has 0 aliphatic rings. The molecule has 3 heterocycles. The minimum Gasteiger partial charge on any atom is -0.480 e. The van der Waals surface area contributed by atoms with Crippen LogP contribution in [0.5, 0.6) is 5.88 Å². The molecule has 27 heavy (non-hydrogen) atoms. The summed E-state index contributed by atoms with van der Waals surface area (Å²) in [4.78, 5) is 15.4. The number of fused-ring (bicyclic) bond motifs is 2. The Hall–Kier alpha value is -3.42. The predicted molar refractivity (Wildman–Crippen MR) is 101 cm³/mol. The number of amides is 1.